The summed E-state index contributed by atoms with van der Waals surface area (Å²) in [4.78, 5) is 1.17. The molecule has 1 fully saturated rings. The molecule has 0 radical (unpaired) electrons. The summed E-state index contributed by atoms with van der Waals surface area (Å²) >= 11 is 5.22. The van der Waals surface area contributed by atoms with Gasteiger partial charge in [0.25, 0.3) is 0 Å². The summed E-state index contributed by atoms with van der Waals surface area (Å²) in [5, 5.41) is 0. The van der Waals surface area contributed by atoms with E-state index < -0.39 is 0 Å². The van der Waals surface area contributed by atoms with E-state index in [2.05, 4.69) is 85.4 Å². The van der Waals surface area contributed by atoms with Gasteiger partial charge in [-0.2, -0.15) is 0 Å². The Morgan fingerprint density at radius 2 is 1.78 bits per heavy atom. The molecule has 1 heteroatoms. The molecule has 0 aliphatic heterocycles. The predicted octanol–water partition coefficient (Wildman–Crippen LogP) is 10.8. The van der Waals surface area contributed by atoms with Gasteiger partial charge in [-0.1, -0.05) is 122 Å². The molecule has 0 bridgehead atoms. The third-order valence-electron chi connectivity index (χ3n) is 9.82. The number of hydrogen-bond acceptors (Lipinski definition) is 1. The summed E-state index contributed by atoms with van der Waals surface area (Å²) in [7, 11) is 0. The number of hydrogen-bond donors (Lipinski definition) is 1. The van der Waals surface area contributed by atoms with Gasteiger partial charge in [0.1, 0.15) is 0 Å². The Bertz CT molecular complexity index is 1010. The second-order valence-corrected chi connectivity index (χ2v) is 13.0. The van der Waals surface area contributed by atoms with Gasteiger partial charge < -0.3 is 0 Å². The molecule has 2 aliphatic rings. The first-order valence-electron chi connectivity index (χ1n) is 14.6. The van der Waals surface area contributed by atoms with Crippen LogP contribution < -0.4 is 0 Å². The lowest BCUT2D eigenvalue weighted by Crippen LogP contribution is -2.41. The highest BCUT2D eigenvalue weighted by Gasteiger charge is 2.45. The van der Waals surface area contributed by atoms with Gasteiger partial charge in [-0.25, -0.2) is 0 Å². The zero-order chi connectivity index (χ0) is 26.7. The molecule has 0 nitrogen and oxygen atoms in total. The molecule has 0 saturated heterocycles. The Morgan fingerprint density at radius 1 is 1.11 bits per heavy atom. The molecule has 0 heterocycles. The molecule has 0 aromatic heterocycles. The molecule has 0 amide bonds. The van der Waals surface area contributed by atoms with Gasteiger partial charge in [-0.05, 0) is 78.9 Å². The Balaban J connectivity index is 1.97. The summed E-state index contributed by atoms with van der Waals surface area (Å²) in [5.41, 5.74) is 8.85. The van der Waals surface area contributed by atoms with E-state index in [0.29, 0.717) is 17.8 Å². The largest absolute Gasteiger partial charge is 0.143 e. The van der Waals surface area contributed by atoms with Crippen molar-refractivity contribution in [3.05, 3.63) is 76.9 Å². The Labute approximate surface area is 228 Å². The maximum absolute atomic E-state index is 5.22. The highest BCUT2D eigenvalue weighted by atomic mass is 32.1. The molecular weight excluding hydrogens is 452 g/mol. The number of rotatable bonds is 10. The first-order chi connectivity index (χ1) is 17.0. The van der Waals surface area contributed by atoms with E-state index in [1.54, 1.807) is 5.57 Å². The van der Waals surface area contributed by atoms with Gasteiger partial charge in [0.15, 0.2) is 0 Å². The van der Waals surface area contributed by atoms with Crippen molar-refractivity contribution < 1.29 is 0 Å². The van der Waals surface area contributed by atoms with Crippen molar-refractivity contribution in [3.8, 4) is 0 Å². The molecule has 0 N–H and O–H groups in total. The Hall–Kier alpha value is -1.47. The molecule has 1 saturated carbocycles. The van der Waals surface area contributed by atoms with E-state index >= 15 is 0 Å². The maximum Gasteiger partial charge on any atom is 0.0113 e. The number of allylic oxidation sites excluding steroid dienone is 6. The van der Waals surface area contributed by atoms with Crippen LogP contribution in [0, 0.1) is 23.2 Å². The Morgan fingerprint density at radius 3 is 2.39 bits per heavy atom. The molecular formula is C35H52S. The topological polar surface area (TPSA) is 0 Å². The van der Waals surface area contributed by atoms with Crippen LogP contribution in [0.1, 0.15) is 111 Å². The molecule has 1 aromatic rings. The van der Waals surface area contributed by atoms with Crippen molar-refractivity contribution in [2.45, 2.75) is 117 Å². The third kappa shape index (κ3) is 5.67. The van der Waals surface area contributed by atoms with Crippen LogP contribution in [0.15, 0.2) is 70.7 Å². The van der Waals surface area contributed by atoms with Crippen molar-refractivity contribution in [3.63, 3.8) is 0 Å². The van der Waals surface area contributed by atoms with E-state index in [1.165, 1.54) is 71.3 Å². The second-order valence-electron chi connectivity index (χ2n) is 12.5. The zero-order valence-electron chi connectivity index (χ0n) is 24.3. The van der Waals surface area contributed by atoms with E-state index in [9.17, 15) is 0 Å². The van der Waals surface area contributed by atoms with E-state index in [1.807, 2.05) is 0 Å². The van der Waals surface area contributed by atoms with Crippen LogP contribution in [0.3, 0.4) is 0 Å². The summed E-state index contributed by atoms with van der Waals surface area (Å²) in [6, 6.07) is 6.87. The average molecular weight is 505 g/mol. The van der Waals surface area contributed by atoms with Gasteiger partial charge in [-0.15, -0.1) is 12.6 Å². The van der Waals surface area contributed by atoms with Crippen molar-refractivity contribution in [2.75, 3.05) is 0 Å². The lowest BCUT2D eigenvalue weighted by atomic mass is 9.55. The minimum Gasteiger partial charge on any atom is -0.143 e. The minimum atomic E-state index is -0.0248. The van der Waals surface area contributed by atoms with Crippen LogP contribution in [-0.2, 0) is 11.8 Å². The smallest absolute Gasteiger partial charge is 0.0113 e. The Kier molecular flexibility index (Phi) is 9.64. The van der Waals surface area contributed by atoms with Crippen LogP contribution in [-0.4, -0.2) is 0 Å². The van der Waals surface area contributed by atoms with Crippen LogP contribution in [0.5, 0.6) is 0 Å². The zero-order valence-corrected chi connectivity index (χ0v) is 25.2. The molecule has 36 heavy (non-hydrogen) atoms. The molecule has 3 atom stereocenters. The molecule has 198 valence electrons. The normalized spacial score (nSPS) is 25.2. The highest BCUT2D eigenvalue weighted by molar-refractivity contribution is 7.80. The van der Waals surface area contributed by atoms with Gasteiger partial charge in [0.05, 0.1) is 0 Å². The van der Waals surface area contributed by atoms with Gasteiger partial charge in [-0.3, -0.25) is 0 Å². The van der Waals surface area contributed by atoms with Gasteiger partial charge in [0, 0.05) is 16.2 Å². The fourth-order valence-corrected chi connectivity index (χ4v) is 7.61. The van der Waals surface area contributed by atoms with Gasteiger partial charge in [0.2, 0.25) is 0 Å². The van der Waals surface area contributed by atoms with E-state index in [-0.39, 0.29) is 10.8 Å². The molecule has 3 rings (SSSR count). The lowest BCUT2D eigenvalue weighted by molar-refractivity contribution is 0.237. The first-order valence-corrected chi connectivity index (χ1v) is 15.0. The third-order valence-corrected chi connectivity index (χ3v) is 10.3. The first kappa shape index (κ1) is 29.1. The van der Waals surface area contributed by atoms with Crippen molar-refractivity contribution >= 4 is 12.6 Å². The summed E-state index contributed by atoms with van der Waals surface area (Å²) < 4.78 is 0. The van der Waals surface area contributed by atoms with Crippen LogP contribution in [0.4, 0.5) is 0 Å². The quantitative estimate of drug-likeness (QED) is 0.238. The molecule has 0 spiro atoms. The second kappa shape index (κ2) is 11.9. The fourth-order valence-electron chi connectivity index (χ4n) is 7.13. The molecule has 1 aromatic carbocycles. The average Bonchev–Trinajstić information content (AvgIpc) is 2.84. The van der Waals surface area contributed by atoms with E-state index in [0.717, 1.165) is 19.3 Å². The SMILES string of the molecule is C=C1CC(C)(c2cccc(CC3=C(C(C)(C)CC)CCC=C3)c2S)C(C)C(=C)C1C(CCC)CCC. The predicted molar refractivity (Wildman–Crippen MR) is 163 cm³/mol. The monoisotopic (exact) mass is 504 g/mol. The minimum absolute atomic E-state index is 0.0248. The van der Waals surface area contributed by atoms with Crippen LogP contribution >= 0.6 is 12.6 Å². The maximum atomic E-state index is 5.22. The summed E-state index contributed by atoms with van der Waals surface area (Å²) in [6.07, 6.45) is 15.3. The van der Waals surface area contributed by atoms with E-state index in [4.69, 9.17) is 19.2 Å². The number of benzene rings is 1. The standard InChI is InChI=1S/C35H52S/c1-10-16-27(17-11-2)32-24(4)23-35(9,26(6)25(32)5)31-21-15-19-29(33(31)36)22-28-18-13-14-20-30(28)34(7,8)12-3/h13,15,18-19,21,26-27,32,36H,4-5,10-12,14,16-17,20,22-23H2,1-3,6-9H3. The van der Waals surface area contributed by atoms with Crippen LogP contribution in [0.2, 0.25) is 0 Å². The number of thiol groups is 1. The fraction of sp³-hybridized carbons (Fsp3) is 0.600. The van der Waals surface area contributed by atoms with Crippen molar-refractivity contribution in [1.29, 1.82) is 0 Å². The van der Waals surface area contributed by atoms with Crippen LogP contribution in [0.25, 0.3) is 0 Å². The highest BCUT2D eigenvalue weighted by Crippen LogP contribution is 2.54. The van der Waals surface area contributed by atoms with Crippen molar-refractivity contribution in [2.24, 2.45) is 23.2 Å². The van der Waals surface area contributed by atoms with Gasteiger partial charge >= 0.3 is 0 Å². The van der Waals surface area contributed by atoms with Crippen molar-refractivity contribution in [1.82, 2.24) is 0 Å². The summed E-state index contributed by atoms with van der Waals surface area (Å²) in [5.74, 6) is 1.53. The molecule has 2 aliphatic carbocycles. The lowest BCUT2D eigenvalue weighted by Gasteiger charge is -2.49. The summed E-state index contributed by atoms with van der Waals surface area (Å²) in [6.45, 7) is 26.0. The molecule has 3 unspecified atom stereocenters.